The van der Waals surface area contributed by atoms with E-state index in [1.165, 1.54) is 12.3 Å². The van der Waals surface area contributed by atoms with Gasteiger partial charge in [-0.05, 0) is 28.1 Å². The SMILES string of the molecule is Nc1ncc(-c2c(F)cccc2Br)[nH]1. The highest BCUT2D eigenvalue weighted by atomic mass is 79.9. The van der Waals surface area contributed by atoms with E-state index >= 15 is 0 Å². The number of H-pyrrole nitrogens is 1. The molecule has 0 saturated heterocycles. The highest BCUT2D eigenvalue weighted by Gasteiger charge is 2.10. The van der Waals surface area contributed by atoms with Crippen LogP contribution in [-0.4, -0.2) is 9.97 Å². The van der Waals surface area contributed by atoms with E-state index in [-0.39, 0.29) is 11.8 Å². The van der Waals surface area contributed by atoms with Crippen LogP contribution in [0.3, 0.4) is 0 Å². The molecule has 0 aliphatic rings. The Kier molecular flexibility index (Phi) is 2.25. The first-order valence-electron chi connectivity index (χ1n) is 3.93. The largest absolute Gasteiger partial charge is 0.369 e. The molecule has 5 heteroatoms. The summed E-state index contributed by atoms with van der Waals surface area (Å²) < 4.78 is 14.1. The lowest BCUT2D eigenvalue weighted by Crippen LogP contribution is -1.88. The maximum Gasteiger partial charge on any atom is 0.197 e. The number of hydrogen-bond donors (Lipinski definition) is 2. The molecular formula is C9H7BrFN3. The normalized spacial score (nSPS) is 10.4. The second-order valence-electron chi connectivity index (χ2n) is 2.78. The van der Waals surface area contributed by atoms with Crippen LogP contribution in [0.2, 0.25) is 0 Å². The fraction of sp³-hybridized carbons (Fsp3) is 0. The molecule has 0 spiro atoms. The third kappa shape index (κ3) is 1.50. The van der Waals surface area contributed by atoms with E-state index in [4.69, 9.17) is 5.73 Å². The number of nitrogens with two attached hydrogens (primary N) is 1. The summed E-state index contributed by atoms with van der Waals surface area (Å²) in [6.45, 7) is 0. The molecule has 0 fully saturated rings. The predicted molar refractivity (Wildman–Crippen MR) is 56.1 cm³/mol. The van der Waals surface area contributed by atoms with Gasteiger partial charge in [0.2, 0.25) is 0 Å². The summed E-state index contributed by atoms with van der Waals surface area (Å²) in [6, 6.07) is 4.77. The minimum atomic E-state index is -0.317. The van der Waals surface area contributed by atoms with Crippen molar-refractivity contribution in [3.8, 4) is 11.3 Å². The summed E-state index contributed by atoms with van der Waals surface area (Å²) in [5.41, 5.74) is 6.42. The number of nitrogens with zero attached hydrogens (tertiary/aromatic N) is 1. The van der Waals surface area contributed by atoms with Crippen molar-refractivity contribution in [2.75, 3.05) is 5.73 Å². The van der Waals surface area contributed by atoms with Crippen molar-refractivity contribution in [1.29, 1.82) is 0 Å². The number of hydrogen-bond acceptors (Lipinski definition) is 2. The average Bonchev–Trinajstić information content (AvgIpc) is 2.51. The molecule has 0 unspecified atom stereocenters. The van der Waals surface area contributed by atoms with Gasteiger partial charge in [-0.1, -0.05) is 6.07 Å². The fourth-order valence-corrected chi connectivity index (χ4v) is 1.77. The van der Waals surface area contributed by atoms with Crippen molar-refractivity contribution >= 4 is 21.9 Å². The molecule has 0 saturated carbocycles. The molecule has 0 atom stereocenters. The number of nitrogens with one attached hydrogen (secondary N) is 1. The van der Waals surface area contributed by atoms with Crippen LogP contribution in [0.25, 0.3) is 11.3 Å². The second kappa shape index (κ2) is 3.42. The summed E-state index contributed by atoms with van der Waals surface area (Å²) in [5, 5.41) is 0. The molecule has 0 radical (unpaired) electrons. The molecule has 1 aromatic heterocycles. The summed E-state index contributed by atoms with van der Waals surface area (Å²) >= 11 is 3.26. The first kappa shape index (κ1) is 9.21. The van der Waals surface area contributed by atoms with Gasteiger partial charge < -0.3 is 10.7 Å². The van der Waals surface area contributed by atoms with Crippen molar-refractivity contribution in [2.45, 2.75) is 0 Å². The number of rotatable bonds is 1. The number of halogens is 2. The van der Waals surface area contributed by atoms with Gasteiger partial charge in [0, 0.05) is 10.0 Å². The molecular weight excluding hydrogens is 249 g/mol. The van der Waals surface area contributed by atoms with Gasteiger partial charge in [-0.2, -0.15) is 0 Å². The topological polar surface area (TPSA) is 54.7 Å². The van der Waals surface area contributed by atoms with E-state index in [2.05, 4.69) is 25.9 Å². The first-order chi connectivity index (χ1) is 6.68. The maximum atomic E-state index is 13.4. The Labute approximate surface area is 88.3 Å². The van der Waals surface area contributed by atoms with Crippen LogP contribution in [0.4, 0.5) is 10.3 Å². The third-order valence-corrected chi connectivity index (χ3v) is 2.49. The Hall–Kier alpha value is -1.36. The molecule has 0 aliphatic heterocycles. The molecule has 3 nitrogen and oxygen atoms in total. The molecule has 14 heavy (non-hydrogen) atoms. The van der Waals surface area contributed by atoms with E-state index in [1.54, 1.807) is 12.1 Å². The van der Waals surface area contributed by atoms with E-state index in [0.717, 1.165) is 0 Å². The summed E-state index contributed by atoms with van der Waals surface area (Å²) in [5.74, 6) is -0.0434. The Bertz CT molecular complexity index is 447. The number of benzene rings is 1. The predicted octanol–water partition coefficient (Wildman–Crippen LogP) is 2.56. The van der Waals surface area contributed by atoms with E-state index in [0.29, 0.717) is 15.7 Å². The molecule has 0 amide bonds. The van der Waals surface area contributed by atoms with Gasteiger partial charge in [-0.15, -0.1) is 0 Å². The van der Waals surface area contributed by atoms with Gasteiger partial charge in [-0.3, -0.25) is 0 Å². The smallest absolute Gasteiger partial charge is 0.197 e. The second-order valence-corrected chi connectivity index (χ2v) is 3.63. The van der Waals surface area contributed by atoms with Gasteiger partial charge in [0.15, 0.2) is 5.95 Å². The number of anilines is 1. The number of aromatic nitrogens is 2. The number of nitrogen functional groups attached to an aromatic ring is 1. The average molecular weight is 256 g/mol. The van der Waals surface area contributed by atoms with Crippen LogP contribution >= 0.6 is 15.9 Å². The molecule has 2 aromatic rings. The van der Waals surface area contributed by atoms with Crippen LogP contribution in [0, 0.1) is 5.82 Å². The molecule has 0 bridgehead atoms. The van der Waals surface area contributed by atoms with Crippen molar-refractivity contribution in [3.63, 3.8) is 0 Å². The quantitative estimate of drug-likeness (QED) is 0.823. The van der Waals surface area contributed by atoms with Gasteiger partial charge >= 0.3 is 0 Å². The molecule has 3 N–H and O–H groups in total. The van der Waals surface area contributed by atoms with Crippen molar-refractivity contribution in [1.82, 2.24) is 9.97 Å². The molecule has 1 heterocycles. The lowest BCUT2D eigenvalue weighted by Gasteiger charge is -2.02. The zero-order valence-electron chi connectivity index (χ0n) is 7.09. The van der Waals surface area contributed by atoms with Crippen molar-refractivity contribution in [3.05, 3.63) is 34.7 Å². The Morgan fingerprint density at radius 3 is 2.79 bits per heavy atom. The Morgan fingerprint density at radius 2 is 2.21 bits per heavy atom. The third-order valence-electron chi connectivity index (χ3n) is 1.83. The minimum absolute atomic E-state index is 0.273. The molecule has 1 aromatic carbocycles. The van der Waals surface area contributed by atoms with Crippen LogP contribution in [0.5, 0.6) is 0 Å². The lowest BCUT2D eigenvalue weighted by molar-refractivity contribution is 0.630. The van der Waals surface area contributed by atoms with Crippen molar-refractivity contribution < 1.29 is 4.39 Å². The monoisotopic (exact) mass is 255 g/mol. The first-order valence-corrected chi connectivity index (χ1v) is 4.72. The van der Waals surface area contributed by atoms with Crippen LogP contribution in [0.1, 0.15) is 0 Å². The Morgan fingerprint density at radius 1 is 1.43 bits per heavy atom. The molecule has 72 valence electrons. The summed E-state index contributed by atoms with van der Waals surface area (Å²) in [7, 11) is 0. The number of imidazole rings is 1. The lowest BCUT2D eigenvalue weighted by atomic mass is 10.1. The van der Waals surface area contributed by atoms with E-state index < -0.39 is 0 Å². The summed E-state index contributed by atoms with van der Waals surface area (Å²) in [4.78, 5) is 6.58. The zero-order valence-corrected chi connectivity index (χ0v) is 8.68. The van der Waals surface area contributed by atoms with Crippen LogP contribution in [0.15, 0.2) is 28.9 Å². The standard InChI is InChI=1S/C9H7BrFN3/c10-5-2-1-3-6(11)8(5)7-4-13-9(12)14-7/h1-4H,(H3,12,13,14). The minimum Gasteiger partial charge on any atom is -0.369 e. The number of aromatic amines is 1. The maximum absolute atomic E-state index is 13.4. The fourth-order valence-electron chi connectivity index (χ4n) is 1.22. The van der Waals surface area contributed by atoms with Crippen molar-refractivity contribution in [2.24, 2.45) is 0 Å². The zero-order chi connectivity index (χ0) is 10.1. The highest BCUT2D eigenvalue weighted by molar-refractivity contribution is 9.10. The van der Waals surface area contributed by atoms with E-state index in [9.17, 15) is 4.39 Å². The molecule has 2 rings (SSSR count). The van der Waals surface area contributed by atoms with Gasteiger partial charge in [0.25, 0.3) is 0 Å². The highest BCUT2D eigenvalue weighted by Crippen LogP contribution is 2.29. The summed E-state index contributed by atoms with van der Waals surface area (Å²) in [6.07, 6.45) is 1.50. The van der Waals surface area contributed by atoms with Crippen LogP contribution < -0.4 is 5.73 Å². The van der Waals surface area contributed by atoms with Gasteiger partial charge in [0.1, 0.15) is 5.82 Å². The van der Waals surface area contributed by atoms with E-state index in [1.807, 2.05) is 0 Å². The van der Waals surface area contributed by atoms with Crippen LogP contribution in [-0.2, 0) is 0 Å². The molecule has 0 aliphatic carbocycles. The van der Waals surface area contributed by atoms with Gasteiger partial charge in [-0.25, -0.2) is 9.37 Å². The van der Waals surface area contributed by atoms with Gasteiger partial charge in [0.05, 0.1) is 11.9 Å². The Balaban J connectivity index is 2.61.